The van der Waals surface area contributed by atoms with Crippen LogP contribution in [0.3, 0.4) is 0 Å². The number of nitrogens with zero attached hydrogens (tertiary/aromatic N) is 4. The molecule has 1 aromatic heterocycles. The lowest BCUT2D eigenvalue weighted by molar-refractivity contribution is -0.139. The molecule has 3 aliphatic rings. The number of rotatable bonds is 7. The molecule has 0 radical (unpaired) electrons. The number of ether oxygens (including phenoxy) is 2. The van der Waals surface area contributed by atoms with Gasteiger partial charge in [0.1, 0.15) is 11.0 Å². The molecule has 9 nitrogen and oxygen atoms in total. The van der Waals surface area contributed by atoms with Crippen molar-refractivity contribution in [1.82, 2.24) is 20.2 Å². The van der Waals surface area contributed by atoms with Crippen LogP contribution < -0.4 is 19.7 Å². The van der Waals surface area contributed by atoms with Crippen molar-refractivity contribution in [2.45, 2.75) is 56.8 Å². The molecule has 0 bridgehead atoms. The lowest BCUT2D eigenvalue weighted by atomic mass is 9.88. The minimum absolute atomic E-state index is 0.0926. The van der Waals surface area contributed by atoms with E-state index in [1.807, 2.05) is 23.1 Å². The summed E-state index contributed by atoms with van der Waals surface area (Å²) in [5, 5.41) is 3.70. The van der Waals surface area contributed by atoms with Crippen molar-refractivity contribution in [1.29, 1.82) is 0 Å². The molecule has 2 amide bonds. The minimum Gasteiger partial charge on any atom is -0.454 e. The fourth-order valence-corrected chi connectivity index (χ4v) is 6.03. The summed E-state index contributed by atoms with van der Waals surface area (Å²) < 4.78 is 10.7. The predicted octanol–water partition coefficient (Wildman–Crippen LogP) is 3.88. The van der Waals surface area contributed by atoms with Gasteiger partial charge in [0.25, 0.3) is 0 Å². The van der Waals surface area contributed by atoms with Crippen LogP contribution >= 0.6 is 23.4 Å². The van der Waals surface area contributed by atoms with Crippen LogP contribution in [0.4, 0.5) is 5.82 Å². The Balaban J connectivity index is 1.13. The molecule has 5 rings (SSSR count). The number of piperazine rings is 1. The number of hydrogen-bond donors (Lipinski definition) is 1. The summed E-state index contributed by atoms with van der Waals surface area (Å²) in [5.41, 5.74) is 0.930. The molecule has 1 saturated carbocycles. The predicted molar refractivity (Wildman–Crippen MR) is 142 cm³/mol. The van der Waals surface area contributed by atoms with Crippen LogP contribution in [-0.2, 0) is 16.1 Å². The summed E-state index contributed by atoms with van der Waals surface area (Å²) in [4.78, 5) is 38.6. The van der Waals surface area contributed by atoms with Crippen molar-refractivity contribution in [3.05, 3.63) is 35.0 Å². The molecule has 1 aromatic carbocycles. The smallest absolute Gasteiger partial charge is 0.231 e. The van der Waals surface area contributed by atoms with Gasteiger partial charge in [-0.2, -0.15) is 0 Å². The molecule has 11 heteroatoms. The maximum absolute atomic E-state index is 13.1. The SMILES string of the molecule is CC1CN(c2cc(Cl)nc(SCC(=O)NCc3ccc4c(c3)OCO4)n2)CCN1C(=O)C1CCCCC1. The normalized spacial score (nSPS) is 19.7. The quantitative estimate of drug-likeness (QED) is 0.318. The van der Waals surface area contributed by atoms with Crippen LogP contribution in [0, 0.1) is 5.92 Å². The highest BCUT2D eigenvalue weighted by molar-refractivity contribution is 7.99. The van der Waals surface area contributed by atoms with Gasteiger partial charge in [-0.25, -0.2) is 9.97 Å². The number of aromatic nitrogens is 2. The summed E-state index contributed by atoms with van der Waals surface area (Å²) in [5.74, 6) is 2.65. The maximum Gasteiger partial charge on any atom is 0.231 e. The Labute approximate surface area is 226 Å². The molecule has 3 heterocycles. The molecule has 37 heavy (non-hydrogen) atoms. The topological polar surface area (TPSA) is 96.9 Å². The van der Waals surface area contributed by atoms with Gasteiger partial charge in [-0.1, -0.05) is 48.7 Å². The van der Waals surface area contributed by atoms with Gasteiger partial charge in [0.05, 0.1) is 5.75 Å². The number of halogens is 1. The number of hydrogen-bond acceptors (Lipinski definition) is 8. The monoisotopic (exact) mass is 545 g/mol. The average molecular weight is 546 g/mol. The third-order valence-corrected chi connectivity index (χ3v) is 8.15. The number of amides is 2. The second kappa shape index (κ2) is 11.8. The van der Waals surface area contributed by atoms with Gasteiger partial charge in [0, 0.05) is 44.2 Å². The Bertz CT molecular complexity index is 1150. The first-order valence-corrected chi connectivity index (χ1v) is 14.2. The third-order valence-electron chi connectivity index (χ3n) is 7.11. The van der Waals surface area contributed by atoms with Crippen molar-refractivity contribution in [3.63, 3.8) is 0 Å². The van der Waals surface area contributed by atoms with Gasteiger partial charge in [-0.15, -0.1) is 0 Å². The van der Waals surface area contributed by atoms with E-state index in [2.05, 4.69) is 27.1 Å². The molecule has 1 atom stereocenters. The zero-order valence-corrected chi connectivity index (χ0v) is 22.5. The molecule has 2 aromatic rings. The number of thioether (sulfide) groups is 1. The van der Waals surface area contributed by atoms with Gasteiger partial charge in [0.2, 0.25) is 18.6 Å². The standard InChI is InChI=1S/C26H32ClN5O4S/c1-17-14-31(9-10-32(17)25(34)19-5-3-2-4-6-19)23-12-22(27)29-26(30-23)37-15-24(33)28-13-18-7-8-20-21(11-18)36-16-35-20/h7-8,11-12,17,19H,2-6,9-10,13-16H2,1H3,(H,28,33). The van der Waals surface area contributed by atoms with Gasteiger partial charge in [-0.3, -0.25) is 9.59 Å². The molecule has 2 aliphatic heterocycles. The van der Waals surface area contributed by atoms with Crippen LogP contribution in [0.25, 0.3) is 0 Å². The molecule has 198 valence electrons. The first-order valence-electron chi connectivity index (χ1n) is 12.8. The zero-order chi connectivity index (χ0) is 25.8. The number of carbonyl (C=O) groups is 2. The zero-order valence-electron chi connectivity index (χ0n) is 21.0. The molecule has 1 aliphatic carbocycles. The lowest BCUT2D eigenvalue weighted by Crippen LogP contribution is -2.55. The number of carbonyl (C=O) groups excluding carboxylic acids is 2. The van der Waals surface area contributed by atoms with Crippen LogP contribution in [0.2, 0.25) is 5.15 Å². The first kappa shape index (κ1) is 25.9. The van der Waals surface area contributed by atoms with E-state index in [0.717, 1.165) is 37.1 Å². The highest BCUT2D eigenvalue weighted by atomic mass is 35.5. The van der Waals surface area contributed by atoms with Gasteiger partial charge in [0.15, 0.2) is 16.7 Å². The lowest BCUT2D eigenvalue weighted by Gasteiger charge is -2.42. The molecule has 1 N–H and O–H groups in total. The van der Waals surface area contributed by atoms with Crippen molar-refractivity contribution in [3.8, 4) is 11.5 Å². The largest absolute Gasteiger partial charge is 0.454 e. The number of fused-ring (bicyclic) bond motifs is 1. The second-order valence-corrected chi connectivity index (χ2v) is 11.1. The minimum atomic E-state index is -0.128. The summed E-state index contributed by atoms with van der Waals surface area (Å²) in [6, 6.07) is 7.45. The van der Waals surface area contributed by atoms with E-state index in [1.165, 1.54) is 18.2 Å². The maximum atomic E-state index is 13.1. The molecule has 0 spiro atoms. The van der Waals surface area contributed by atoms with E-state index in [0.29, 0.717) is 53.9 Å². The summed E-state index contributed by atoms with van der Waals surface area (Å²) in [6.07, 6.45) is 5.57. The van der Waals surface area contributed by atoms with E-state index in [9.17, 15) is 9.59 Å². The Morgan fingerprint density at radius 1 is 1.11 bits per heavy atom. The summed E-state index contributed by atoms with van der Waals surface area (Å²) in [7, 11) is 0. The van der Waals surface area contributed by atoms with Crippen LogP contribution in [0.15, 0.2) is 29.4 Å². The van der Waals surface area contributed by atoms with Gasteiger partial charge >= 0.3 is 0 Å². The summed E-state index contributed by atoms with van der Waals surface area (Å²) >= 11 is 7.56. The fourth-order valence-electron chi connectivity index (χ4n) is 5.12. The fraction of sp³-hybridized carbons (Fsp3) is 0.538. The first-order chi connectivity index (χ1) is 18.0. The Morgan fingerprint density at radius 2 is 1.92 bits per heavy atom. The van der Waals surface area contributed by atoms with Crippen molar-refractivity contribution in [2.24, 2.45) is 5.92 Å². The average Bonchev–Trinajstić information content (AvgIpc) is 3.38. The van der Waals surface area contributed by atoms with Crippen LogP contribution in [0.5, 0.6) is 11.5 Å². The molecular formula is C26H32ClN5O4S. The molecular weight excluding hydrogens is 514 g/mol. The van der Waals surface area contributed by atoms with Gasteiger partial charge < -0.3 is 24.6 Å². The van der Waals surface area contributed by atoms with E-state index >= 15 is 0 Å². The number of benzene rings is 1. The van der Waals surface area contributed by atoms with E-state index < -0.39 is 0 Å². The Hall–Kier alpha value is -2.72. The van der Waals surface area contributed by atoms with Crippen molar-refractivity contribution < 1.29 is 19.1 Å². The van der Waals surface area contributed by atoms with Crippen LogP contribution in [0.1, 0.15) is 44.6 Å². The molecule has 2 fully saturated rings. The van der Waals surface area contributed by atoms with Gasteiger partial charge in [-0.05, 0) is 37.5 Å². The van der Waals surface area contributed by atoms with Crippen LogP contribution in [-0.4, -0.2) is 64.9 Å². The molecule has 1 saturated heterocycles. The van der Waals surface area contributed by atoms with E-state index in [1.54, 1.807) is 6.07 Å². The van der Waals surface area contributed by atoms with E-state index in [-0.39, 0.29) is 30.4 Å². The number of anilines is 1. The second-order valence-electron chi connectivity index (χ2n) is 9.75. The van der Waals surface area contributed by atoms with Crippen molar-refractivity contribution in [2.75, 3.05) is 37.1 Å². The Morgan fingerprint density at radius 3 is 2.73 bits per heavy atom. The highest BCUT2D eigenvalue weighted by Crippen LogP contribution is 2.32. The third kappa shape index (κ3) is 6.41. The highest BCUT2D eigenvalue weighted by Gasteiger charge is 2.33. The summed E-state index contributed by atoms with van der Waals surface area (Å²) in [6.45, 7) is 4.75. The van der Waals surface area contributed by atoms with Crippen molar-refractivity contribution >= 4 is 41.0 Å². The molecule has 1 unspecified atom stereocenters. The van der Waals surface area contributed by atoms with E-state index in [4.69, 9.17) is 21.1 Å². The number of nitrogens with one attached hydrogen (secondary N) is 1. The Kier molecular flexibility index (Phi) is 8.24.